The maximum atomic E-state index is 13.2. The van der Waals surface area contributed by atoms with Crippen LogP contribution in [0.1, 0.15) is 316 Å². The van der Waals surface area contributed by atoms with Gasteiger partial charge in [0.05, 0.1) is 25.4 Å². The Bertz CT molecular complexity index is 1210. The molecule has 11 heteroatoms. The van der Waals surface area contributed by atoms with Crippen molar-refractivity contribution in [3.8, 4) is 0 Å². The average molecular weight is 1050 g/mol. The van der Waals surface area contributed by atoms with Crippen LogP contribution in [0.15, 0.2) is 12.2 Å². The van der Waals surface area contributed by atoms with Crippen LogP contribution in [0.3, 0.4) is 0 Å². The number of carbonyl (C=O) groups is 1. The van der Waals surface area contributed by atoms with Gasteiger partial charge >= 0.3 is 0 Å². The van der Waals surface area contributed by atoms with Gasteiger partial charge in [0.15, 0.2) is 6.29 Å². The number of hydrogen-bond donors (Lipinski definition) is 8. The van der Waals surface area contributed by atoms with Crippen LogP contribution < -0.4 is 5.32 Å². The molecule has 0 aromatic heterocycles. The zero-order chi connectivity index (χ0) is 54.0. The molecule has 440 valence electrons. The summed E-state index contributed by atoms with van der Waals surface area (Å²) in [4.78, 5) is 13.2. The number of hydrogen-bond acceptors (Lipinski definition) is 10. The molecule has 1 aliphatic rings. The molecule has 9 atom stereocenters. The van der Waals surface area contributed by atoms with E-state index in [2.05, 4.69) is 31.3 Å². The van der Waals surface area contributed by atoms with E-state index in [1.165, 1.54) is 238 Å². The highest BCUT2D eigenvalue weighted by atomic mass is 16.7. The standard InChI is InChI=1S/C63H123NO10/c1-3-5-7-9-11-13-15-17-18-19-20-21-22-23-24-25-26-27-28-29-30-31-32-33-34-35-36-37-39-41-43-45-47-49-51-56(67)62(72)64-54(53-73-63-61(71)60(70)59(69)57(52-65)74-63)58(68)55(66)50-48-46-44-42-40-38-16-14-12-10-8-6-4-2/h25-26,54-61,63,65-71H,3-24,27-53H2,1-2H3,(H,64,72)/b26-25-. The molecule has 0 radical (unpaired) electrons. The van der Waals surface area contributed by atoms with Crippen molar-refractivity contribution in [3.63, 3.8) is 0 Å². The second kappa shape index (κ2) is 52.5. The Morgan fingerprint density at radius 2 is 0.784 bits per heavy atom. The highest BCUT2D eigenvalue weighted by Gasteiger charge is 2.44. The molecular weight excluding hydrogens is 931 g/mol. The predicted molar refractivity (Wildman–Crippen MR) is 307 cm³/mol. The van der Waals surface area contributed by atoms with Crippen LogP contribution >= 0.6 is 0 Å². The van der Waals surface area contributed by atoms with Gasteiger partial charge in [0.25, 0.3) is 0 Å². The molecule has 0 saturated carbocycles. The lowest BCUT2D eigenvalue weighted by Gasteiger charge is -2.40. The van der Waals surface area contributed by atoms with E-state index in [-0.39, 0.29) is 6.42 Å². The quantitative estimate of drug-likeness (QED) is 0.0215. The minimum atomic E-state index is -1.66. The zero-order valence-electron chi connectivity index (χ0n) is 48.4. The number of unbranched alkanes of at least 4 members (excludes halogenated alkanes) is 42. The molecule has 11 nitrogen and oxygen atoms in total. The Morgan fingerprint density at radius 3 is 1.14 bits per heavy atom. The Hall–Kier alpha value is -1.15. The number of nitrogens with one attached hydrogen (secondary N) is 1. The minimum Gasteiger partial charge on any atom is -0.394 e. The Balaban J connectivity index is 2.14. The minimum absolute atomic E-state index is 0.265. The molecular formula is C63H123NO10. The predicted octanol–water partition coefficient (Wildman–Crippen LogP) is 14.3. The van der Waals surface area contributed by atoms with Crippen LogP contribution in [0.2, 0.25) is 0 Å². The molecule has 1 saturated heterocycles. The van der Waals surface area contributed by atoms with Gasteiger partial charge in [-0.1, -0.05) is 289 Å². The van der Waals surface area contributed by atoms with Gasteiger partial charge in [0, 0.05) is 0 Å². The largest absolute Gasteiger partial charge is 0.394 e. The normalized spacial score (nSPS) is 19.8. The summed E-state index contributed by atoms with van der Waals surface area (Å²) in [5.74, 6) is -0.691. The van der Waals surface area contributed by atoms with Crippen LogP contribution in [-0.4, -0.2) is 110 Å². The Labute approximate surface area is 455 Å². The van der Waals surface area contributed by atoms with Gasteiger partial charge in [-0.05, 0) is 38.5 Å². The molecule has 1 amide bonds. The lowest BCUT2D eigenvalue weighted by Crippen LogP contribution is -2.60. The first kappa shape index (κ1) is 70.9. The Kier molecular flexibility index (Phi) is 50.3. The number of carbonyl (C=O) groups excluding carboxylic acids is 1. The zero-order valence-corrected chi connectivity index (χ0v) is 48.4. The molecule has 0 aromatic carbocycles. The first-order valence-electron chi connectivity index (χ1n) is 32.1. The fraction of sp³-hybridized carbons (Fsp3) is 0.952. The first-order chi connectivity index (χ1) is 36.2. The summed E-state index contributed by atoms with van der Waals surface area (Å²) in [6.45, 7) is 3.48. The van der Waals surface area contributed by atoms with Crippen molar-refractivity contribution >= 4 is 5.91 Å². The molecule has 1 aliphatic heterocycles. The summed E-state index contributed by atoms with van der Waals surface area (Å²) in [6, 6.07) is -1.16. The molecule has 0 spiro atoms. The van der Waals surface area contributed by atoms with Crippen molar-refractivity contribution in [1.29, 1.82) is 0 Å². The molecule has 8 N–H and O–H groups in total. The molecule has 1 heterocycles. The molecule has 0 aromatic rings. The fourth-order valence-electron chi connectivity index (χ4n) is 10.6. The number of ether oxygens (including phenoxy) is 2. The van der Waals surface area contributed by atoms with Crippen molar-refractivity contribution < 1.29 is 50.0 Å². The van der Waals surface area contributed by atoms with E-state index in [1.54, 1.807) is 0 Å². The van der Waals surface area contributed by atoms with E-state index in [0.29, 0.717) is 19.3 Å². The lowest BCUT2D eigenvalue weighted by molar-refractivity contribution is -0.303. The molecule has 1 fully saturated rings. The van der Waals surface area contributed by atoms with Crippen molar-refractivity contribution in [2.24, 2.45) is 0 Å². The highest BCUT2D eigenvalue weighted by Crippen LogP contribution is 2.24. The van der Waals surface area contributed by atoms with Crippen molar-refractivity contribution in [2.75, 3.05) is 13.2 Å². The number of aliphatic hydroxyl groups is 7. The van der Waals surface area contributed by atoms with Gasteiger partial charge in [-0.25, -0.2) is 0 Å². The topological polar surface area (TPSA) is 189 Å². The summed E-state index contributed by atoms with van der Waals surface area (Å²) in [7, 11) is 0. The SMILES string of the molecule is CCCCCCCCCCCCCCCC/C=C\CCCCCCCCCCCCCCCCCCC(O)C(=O)NC(COC1OC(CO)C(O)C(O)C1O)C(O)C(O)CCCCCCCCCCCCCCC. The summed E-state index contributed by atoms with van der Waals surface area (Å²) in [5.41, 5.74) is 0. The van der Waals surface area contributed by atoms with E-state index in [0.717, 1.165) is 38.5 Å². The number of rotatable bonds is 56. The van der Waals surface area contributed by atoms with Gasteiger partial charge < -0.3 is 50.5 Å². The maximum Gasteiger partial charge on any atom is 0.249 e. The molecule has 9 unspecified atom stereocenters. The summed E-state index contributed by atoms with van der Waals surface area (Å²) in [5, 5.41) is 76.1. The van der Waals surface area contributed by atoms with Gasteiger partial charge in [0.1, 0.15) is 36.6 Å². The lowest BCUT2D eigenvalue weighted by atomic mass is 9.98. The maximum absolute atomic E-state index is 13.2. The van der Waals surface area contributed by atoms with Crippen LogP contribution in [-0.2, 0) is 14.3 Å². The van der Waals surface area contributed by atoms with Gasteiger partial charge in [-0.2, -0.15) is 0 Å². The van der Waals surface area contributed by atoms with Crippen LogP contribution in [0.4, 0.5) is 0 Å². The second-order valence-electron chi connectivity index (χ2n) is 22.8. The second-order valence-corrected chi connectivity index (χ2v) is 22.8. The summed E-state index contributed by atoms with van der Waals surface area (Å²) >= 11 is 0. The van der Waals surface area contributed by atoms with Gasteiger partial charge in [0.2, 0.25) is 5.91 Å². The summed E-state index contributed by atoms with van der Waals surface area (Å²) < 4.78 is 11.1. The average Bonchev–Trinajstić information content (AvgIpc) is 3.40. The molecule has 74 heavy (non-hydrogen) atoms. The van der Waals surface area contributed by atoms with Crippen LogP contribution in [0.25, 0.3) is 0 Å². The highest BCUT2D eigenvalue weighted by molar-refractivity contribution is 5.80. The van der Waals surface area contributed by atoms with Gasteiger partial charge in [-0.3, -0.25) is 4.79 Å². The molecule has 0 aliphatic carbocycles. The Morgan fingerprint density at radius 1 is 0.459 bits per heavy atom. The van der Waals surface area contributed by atoms with E-state index in [1.807, 2.05) is 0 Å². The van der Waals surface area contributed by atoms with E-state index >= 15 is 0 Å². The van der Waals surface area contributed by atoms with E-state index in [9.17, 15) is 40.5 Å². The molecule has 1 rings (SSSR count). The van der Waals surface area contributed by atoms with Crippen molar-refractivity contribution in [1.82, 2.24) is 5.32 Å². The number of allylic oxidation sites excluding steroid dienone is 2. The van der Waals surface area contributed by atoms with Crippen molar-refractivity contribution in [3.05, 3.63) is 12.2 Å². The van der Waals surface area contributed by atoms with Gasteiger partial charge in [-0.15, -0.1) is 0 Å². The smallest absolute Gasteiger partial charge is 0.249 e. The van der Waals surface area contributed by atoms with E-state index < -0.39 is 74.2 Å². The third kappa shape index (κ3) is 40.1. The first-order valence-corrected chi connectivity index (χ1v) is 32.1. The third-order valence-corrected chi connectivity index (χ3v) is 15.8. The number of aliphatic hydroxyl groups excluding tert-OH is 7. The number of amides is 1. The fourth-order valence-corrected chi connectivity index (χ4v) is 10.6. The monoisotopic (exact) mass is 1050 g/mol. The van der Waals surface area contributed by atoms with Crippen molar-refractivity contribution in [2.45, 2.75) is 371 Å². The molecule has 0 bridgehead atoms. The summed E-state index contributed by atoms with van der Waals surface area (Å²) in [6.07, 6.45) is 51.6. The van der Waals surface area contributed by atoms with Crippen LogP contribution in [0.5, 0.6) is 0 Å². The van der Waals surface area contributed by atoms with Crippen LogP contribution in [0, 0.1) is 0 Å². The van der Waals surface area contributed by atoms with E-state index in [4.69, 9.17) is 9.47 Å². The third-order valence-electron chi connectivity index (χ3n) is 15.8.